The molecule has 0 amide bonds. The van der Waals surface area contributed by atoms with Gasteiger partial charge in [0.05, 0.1) is 0 Å². The van der Waals surface area contributed by atoms with Gasteiger partial charge in [-0.2, -0.15) is 0 Å². The van der Waals surface area contributed by atoms with E-state index in [1.165, 1.54) is 0 Å². The molecule has 0 aliphatic carbocycles. The van der Waals surface area contributed by atoms with Crippen LogP contribution in [0.5, 0.6) is 0 Å². The van der Waals surface area contributed by atoms with Gasteiger partial charge < -0.3 is 0 Å². The Morgan fingerprint density at radius 3 is 2.50 bits per heavy atom. The molecule has 0 aliphatic rings. The summed E-state index contributed by atoms with van der Waals surface area (Å²) < 4.78 is 0. The van der Waals surface area contributed by atoms with E-state index in [0.717, 1.165) is 24.8 Å². The molecule has 44 valence electrons. The highest BCUT2D eigenvalue weighted by Crippen LogP contribution is 2.01. The Labute approximate surface area is 51.9 Å². The van der Waals surface area contributed by atoms with E-state index >= 15 is 0 Å². The lowest BCUT2D eigenvalue weighted by atomic mass is 10.1. The number of unbranched alkanes of at least 4 members (excludes halogenated alkanes) is 1. The van der Waals surface area contributed by atoms with E-state index in [9.17, 15) is 0 Å². The Balaban J connectivity index is 2.93. The second kappa shape index (κ2) is 4.63. The van der Waals surface area contributed by atoms with Crippen LogP contribution < -0.4 is 0 Å². The lowest BCUT2D eigenvalue weighted by Gasteiger charge is -1.92. The molecule has 0 spiro atoms. The minimum absolute atomic E-state index is 0.953. The molecule has 0 aliphatic heterocycles. The lowest BCUT2D eigenvalue weighted by Crippen LogP contribution is -1.73. The van der Waals surface area contributed by atoms with Gasteiger partial charge in [0.2, 0.25) is 0 Å². The summed E-state index contributed by atoms with van der Waals surface area (Å²) in [4.78, 5) is 0. The molecule has 0 unspecified atom stereocenters. The van der Waals surface area contributed by atoms with Crippen molar-refractivity contribution < 1.29 is 0 Å². The average Bonchev–Trinajstić information content (AvgIpc) is 1.66. The van der Waals surface area contributed by atoms with Crippen LogP contribution in [0.1, 0.15) is 19.3 Å². The van der Waals surface area contributed by atoms with E-state index < -0.39 is 0 Å². The quantitative estimate of drug-likeness (QED) is 0.485. The third-order valence-corrected chi connectivity index (χ3v) is 0.884. The molecule has 0 aromatic carbocycles. The Bertz CT molecular complexity index is 80.0. The van der Waals surface area contributed by atoms with Crippen LogP contribution in [0.2, 0.25) is 0 Å². The number of allylic oxidation sites excluding steroid dienone is 2. The van der Waals surface area contributed by atoms with E-state index in [0.29, 0.717) is 0 Å². The predicted octanol–water partition coefficient (Wildman–Crippen LogP) is 2.54. The topological polar surface area (TPSA) is 0 Å². The van der Waals surface area contributed by atoms with E-state index in [1.54, 1.807) is 0 Å². The van der Waals surface area contributed by atoms with Crippen LogP contribution in [0.15, 0.2) is 18.7 Å². The molecule has 0 N–H and O–H groups in total. The van der Waals surface area contributed by atoms with E-state index in [2.05, 4.69) is 26.2 Å². The maximum atomic E-state index is 3.67. The molecule has 0 rings (SSSR count). The van der Waals surface area contributed by atoms with Crippen LogP contribution in [-0.4, -0.2) is 0 Å². The fourth-order valence-corrected chi connectivity index (χ4v) is 0.463. The molecule has 8 heavy (non-hydrogen) atoms. The molecule has 0 aromatic rings. The third-order valence-electron chi connectivity index (χ3n) is 0.884. The molecule has 0 fully saturated rings. The maximum Gasteiger partial charge on any atom is -0.0279 e. The summed E-state index contributed by atoms with van der Waals surface area (Å²) in [5.74, 6) is 0. The Kier molecular flexibility index (Phi) is 4.33. The highest BCUT2D eigenvalue weighted by Gasteiger charge is 1.83. The standard InChI is InChI=1S/C8H12/c1-4-5-6-7-8(2)3/h1-3,5-7H2. The molecule has 0 aromatic heterocycles. The average molecular weight is 108 g/mol. The van der Waals surface area contributed by atoms with Gasteiger partial charge in [-0.3, -0.25) is 0 Å². The monoisotopic (exact) mass is 108 g/mol. The zero-order valence-electron chi connectivity index (χ0n) is 5.24. The van der Waals surface area contributed by atoms with Gasteiger partial charge in [0.25, 0.3) is 0 Å². The van der Waals surface area contributed by atoms with Crippen molar-refractivity contribution in [2.75, 3.05) is 0 Å². The molecule has 0 bridgehead atoms. The first-order valence-electron chi connectivity index (χ1n) is 2.77. The van der Waals surface area contributed by atoms with Crippen molar-refractivity contribution in [1.29, 1.82) is 0 Å². The van der Waals surface area contributed by atoms with Crippen molar-refractivity contribution in [3.63, 3.8) is 0 Å². The SMILES string of the molecule is [CH2]C(=C)CCC[C]=C. The molecule has 0 heteroatoms. The summed E-state index contributed by atoms with van der Waals surface area (Å²) in [5, 5.41) is 0. The van der Waals surface area contributed by atoms with Gasteiger partial charge in [-0.1, -0.05) is 24.8 Å². The Morgan fingerprint density at radius 2 is 2.12 bits per heavy atom. The number of hydrogen-bond donors (Lipinski definition) is 0. The van der Waals surface area contributed by atoms with Crippen molar-refractivity contribution in [2.45, 2.75) is 19.3 Å². The van der Waals surface area contributed by atoms with Crippen LogP contribution in [0, 0.1) is 13.0 Å². The maximum absolute atomic E-state index is 3.67. The van der Waals surface area contributed by atoms with E-state index in [-0.39, 0.29) is 0 Å². The first kappa shape index (κ1) is 7.48. The molecule has 0 nitrogen and oxygen atoms in total. The summed E-state index contributed by atoms with van der Waals surface area (Å²) in [6.45, 7) is 10.8. The minimum Gasteiger partial charge on any atom is -0.0999 e. The van der Waals surface area contributed by atoms with Crippen molar-refractivity contribution >= 4 is 0 Å². The summed E-state index contributed by atoms with van der Waals surface area (Å²) in [6.07, 6.45) is 5.85. The van der Waals surface area contributed by atoms with Crippen LogP contribution in [-0.2, 0) is 0 Å². The van der Waals surface area contributed by atoms with Crippen LogP contribution in [0.25, 0.3) is 0 Å². The molecular weight excluding hydrogens is 96.1 g/mol. The zero-order chi connectivity index (χ0) is 6.41. The highest BCUT2D eigenvalue weighted by molar-refractivity contribution is 4.96. The normalized spacial score (nSPS) is 8.62. The Hall–Kier alpha value is -0.520. The number of hydrogen-bond acceptors (Lipinski definition) is 0. The summed E-state index contributed by atoms with van der Waals surface area (Å²) in [7, 11) is 0. The van der Waals surface area contributed by atoms with Gasteiger partial charge in [0.1, 0.15) is 0 Å². The number of rotatable bonds is 4. The van der Waals surface area contributed by atoms with Crippen LogP contribution in [0.4, 0.5) is 0 Å². The van der Waals surface area contributed by atoms with Gasteiger partial charge in [-0.15, -0.1) is 0 Å². The first-order valence-corrected chi connectivity index (χ1v) is 2.77. The fourth-order valence-electron chi connectivity index (χ4n) is 0.463. The third kappa shape index (κ3) is 5.48. The molecule has 2 radical (unpaired) electrons. The van der Waals surface area contributed by atoms with Gasteiger partial charge in [-0.25, -0.2) is 0 Å². The second-order valence-corrected chi connectivity index (χ2v) is 1.85. The largest absolute Gasteiger partial charge is 0.0999 e. The summed E-state index contributed by atoms with van der Waals surface area (Å²) in [5.41, 5.74) is 1.00. The van der Waals surface area contributed by atoms with Crippen molar-refractivity contribution in [2.24, 2.45) is 0 Å². The van der Waals surface area contributed by atoms with Gasteiger partial charge in [-0.05, 0) is 26.2 Å². The molecule has 0 saturated carbocycles. The van der Waals surface area contributed by atoms with Crippen LogP contribution in [0.3, 0.4) is 0 Å². The molecule has 0 saturated heterocycles. The van der Waals surface area contributed by atoms with Crippen molar-refractivity contribution in [3.05, 3.63) is 31.7 Å². The van der Waals surface area contributed by atoms with Gasteiger partial charge >= 0.3 is 0 Å². The molecular formula is C8H12. The van der Waals surface area contributed by atoms with Crippen molar-refractivity contribution in [1.82, 2.24) is 0 Å². The van der Waals surface area contributed by atoms with Crippen molar-refractivity contribution in [3.8, 4) is 0 Å². The van der Waals surface area contributed by atoms with E-state index in [4.69, 9.17) is 0 Å². The van der Waals surface area contributed by atoms with Gasteiger partial charge in [0, 0.05) is 0 Å². The predicted molar refractivity (Wildman–Crippen MR) is 37.2 cm³/mol. The van der Waals surface area contributed by atoms with Crippen LogP contribution >= 0.6 is 0 Å². The summed E-state index contributed by atoms with van der Waals surface area (Å²) in [6, 6.07) is 0. The first-order chi connectivity index (χ1) is 3.77. The molecule has 0 atom stereocenters. The second-order valence-electron chi connectivity index (χ2n) is 1.85. The fraction of sp³-hybridized carbons (Fsp3) is 0.375. The van der Waals surface area contributed by atoms with E-state index in [1.807, 2.05) is 0 Å². The minimum atomic E-state index is 0.953. The Morgan fingerprint density at radius 1 is 1.50 bits per heavy atom. The highest BCUT2D eigenvalue weighted by atomic mass is 13.9. The molecule has 0 heterocycles. The smallest absolute Gasteiger partial charge is 0.0279 e. The summed E-state index contributed by atoms with van der Waals surface area (Å²) >= 11 is 0. The van der Waals surface area contributed by atoms with Gasteiger partial charge in [0.15, 0.2) is 0 Å². The zero-order valence-corrected chi connectivity index (χ0v) is 5.24. The lowest BCUT2D eigenvalue weighted by molar-refractivity contribution is 0.837.